The number of benzene rings is 1. The lowest BCUT2D eigenvalue weighted by atomic mass is 9.89. The number of ether oxygens (including phenoxy) is 2. The Labute approximate surface area is 228 Å². The van der Waals surface area contributed by atoms with Gasteiger partial charge in [-0.15, -0.1) is 0 Å². The van der Waals surface area contributed by atoms with Gasteiger partial charge in [-0.2, -0.15) is 0 Å². The number of carbonyl (C=O) groups is 4. The molecule has 0 unspecified atom stereocenters. The van der Waals surface area contributed by atoms with Gasteiger partial charge in [0.1, 0.15) is 11.7 Å². The van der Waals surface area contributed by atoms with E-state index in [2.05, 4.69) is 5.32 Å². The zero-order valence-electron chi connectivity index (χ0n) is 23.0. The minimum Gasteiger partial charge on any atom is -0.464 e. The van der Waals surface area contributed by atoms with Crippen LogP contribution in [0.2, 0.25) is 0 Å². The van der Waals surface area contributed by atoms with Crippen molar-refractivity contribution in [2.45, 2.75) is 77.0 Å². The van der Waals surface area contributed by atoms with Crippen LogP contribution >= 0.6 is 0 Å². The Morgan fingerprint density at radius 3 is 2.44 bits per heavy atom. The average molecular weight is 543 g/mol. The van der Waals surface area contributed by atoms with E-state index in [1.807, 2.05) is 18.2 Å². The number of nitrogens with zero attached hydrogens (tertiary/aromatic N) is 3. The summed E-state index contributed by atoms with van der Waals surface area (Å²) in [6.07, 6.45) is 0.947. The number of amides is 3. The first-order chi connectivity index (χ1) is 18.5. The van der Waals surface area contributed by atoms with Gasteiger partial charge in [-0.25, -0.2) is 14.4 Å². The van der Waals surface area contributed by atoms with Gasteiger partial charge in [0.2, 0.25) is 5.91 Å². The highest BCUT2D eigenvalue weighted by Crippen LogP contribution is 2.35. The number of piperidine rings is 1. The van der Waals surface area contributed by atoms with Crippen molar-refractivity contribution in [3.63, 3.8) is 0 Å². The van der Waals surface area contributed by atoms with Crippen molar-refractivity contribution in [3.8, 4) is 0 Å². The van der Waals surface area contributed by atoms with Crippen LogP contribution in [0.25, 0.3) is 10.9 Å². The second-order valence-electron chi connectivity index (χ2n) is 11.2. The standard InChI is InChI=1S/C28H38N4O7/c1-5-29-25(34)38-20-14-19(31(16-20)27(37)39-28(2,3)4)15-24(33)30-12-10-18(11-13-30)22-17-32(26(35)36)23-9-7-6-8-21(22)23/h6-9,17-20H,5,10-16H2,1-4H3,(H,29,34)(H,35,36)/t19-,20+/m0/s1. The van der Waals surface area contributed by atoms with Crippen LogP contribution in [0, 0.1) is 0 Å². The highest BCUT2D eigenvalue weighted by molar-refractivity contribution is 5.91. The number of aromatic nitrogens is 1. The van der Waals surface area contributed by atoms with Crippen LogP contribution in [0.1, 0.15) is 64.9 Å². The molecule has 3 amide bonds. The molecule has 2 N–H and O–H groups in total. The second kappa shape index (κ2) is 11.5. The van der Waals surface area contributed by atoms with E-state index in [4.69, 9.17) is 9.47 Å². The molecule has 2 saturated heterocycles. The molecule has 39 heavy (non-hydrogen) atoms. The van der Waals surface area contributed by atoms with E-state index >= 15 is 0 Å². The maximum absolute atomic E-state index is 13.3. The molecule has 2 fully saturated rings. The van der Waals surface area contributed by atoms with E-state index in [-0.39, 0.29) is 24.8 Å². The lowest BCUT2D eigenvalue weighted by molar-refractivity contribution is -0.133. The van der Waals surface area contributed by atoms with Crippen LogP contribution in [0.3, 0.4) is 0 Å². The summed E-state index contributed by atoms with van der Waals surface area (Å²) in [6, 6.07) is 7.01. The Bertz CT molecular complexity index is 1230. The SMILES string of the molecule is CCNC(=O)O[C@@H]1C[C@@H](CC(=O)N2CCC(c3cn(C(=O)O)c4ccccc34)CC2)N(C(=O)OC(C)(C)C)C1. The third kappa shape index (κ3) is 6.63. The largest absolute Gasteiger partial charge is 0.464 e. The Kier molecular flexibility index (Phi) is 8.36. The fourth-order valence-corrected chi connectivity index (χ4v) is 5.49. The zero-order valence-corrected chi connectivity index (χ0v) is 23.0. The van der Waals surface area contributed by atoms with Gasteiger partial charge in [0.05, 0.1) is 12.1 Å². The highest BCUT2D eigenvalue weighted by atomic mass is 16.6. The van der Waals surface area contributed by atoms with Crippen molar-refractivity contribution in [2.24, 2.45) is 0 Å². The first kappa shape index (κ1) is 28.3. The topological polar surface area (TPSA) is 130 Å². The minimum absolute atomic E-state index is 0.0707. The number of para-hydroxylation sites is 1. The fourth-order valence-electron chi connectivity index (χ4n) is 5.49. The molecule has 0 aliphatic carbocycles. The second-order valence-corrected chi connectivity index (χ2v) is 11.2. The van der Waals surface area contributed by atoms with Gasteiger partial charge in [-0.3, -0.25) is 9.36 Å². The molecule has 4 rings (SSSR count). The predicted octanol–water partition coefficient (Wildman–Crippen LogP) is 4.39. The summed E-state index contributed by atoms with van der Waals surface area (Å²) in [4.78, 5) is 53.3. The quantitative estimate of drug-likeness (QED) is 0.573. The molecule has 0 saturated carbocycles. The van der Waals surface area contributed by atoms with Crippen LogP contribution in [0.5, 0.6) is 0 Å². The van der Waals surface area contributed by atoms with Crippen LogP contribution in [-0.4, -0.2) is 87.6 Å². The van der Waals surface area contributed by atoms with Gasteiger partial charge >= 0.3 is 18.3 Å². The van der Waals surface area contributed by atoms with Crippen LogP contribution in [-0.2, 0) is 14.3 Å². The Hall–Kier alpha value is -3.76. The summed E-state index contributed by atoms with van der Waals surface area (Å²) in [5, 5.41) is 13.1. The molecule has 1 aromatic heterocycles. The van der Waals surface area contributed by atoms with E-state index in [1.165, 1.54) is 9.47 Å². The molecule has 212 valence electrons. The number of nitrogens with one attached hydrogen (secondary N) is 1. The Morgan fingerprint density at radius 2 is 1.79 bits per heavy atom. The maximum Gasteiger partial charge on any atom is 0.416 e. The molecule has 2 aromatic rings. The van der Waals surface area contributed by atoms with Gasteiger partial charge in [-0.05, 0) is 58.1 Å². The zero-order chi connectivity index (χ0) is 28.3. The first-order valence-electron chi connectivity index (χ1n) is 13.5. The van der Waals surface area contributed by atoms with E-state index < -0.39 is 36.0 Å². The average Bonchev–Trinajstić information content (AvgIpc) is 3.45. The van der Waals surface area contributed by atoms with E-state index in [0.29, 0.717) is 44.4 Å². The van der Waals surface area contributed by atoms with Crippen molar-refractivity contribution in [1.29, 1.82) is 0 Å². The molecule has 0 bridgehead atoms. The summed E-state index contributed by atoms with van der Waals surface area (Å²) < 4.78 is 12.3. The summed E-state index contributed by atoms with van der Waals surface area (Å²) in [7, 11) is 0. The number of rotatable bonds is 5. The number of alkyl carbamates (subject to hydrolysis) is 1. The molecule has 2 aliphatic rings. The monoisotopic (exact) mass is 542 g/mol. The van der Waals surface area contributed by atoms with Crippen LogP contribution in [0.4, 0.5) is 14.4 Å². The van der Waals surface area contributed by atoms with Gasteiger partial charge in [0.15, 0.2) is 0 Å². The van der Waals surface area contributed by atoms with Crippen molar-refractivity contribution in [2.75, 3.05) is 26.2 Å². The minimum atomic E-state index is -1.02. The third-order valence-corrected chi connectivity index (χ3v) is 7.25. The van der Waals surface area contributed by atoms with Crippen molar-refractivity contribution < 1.29 is 33.8 Å². The summed E-state index contributed by atoms with van der Waals surface area (Å²) in [6.45, 7) is 8.79. The van der Waals surface area contributed by atoms with Crippen molar-refractivity contribution in [1.82, 2.24) is 19.7 Å². The molecule has 11 heteroatoms. The molecule has 3 heterocycles. The third-order valence-electron chi connectivity index (χ3n) is 7.25. The lowest BCUT2D eigenvalue weighted by Crippen LogP contribution is -2.44. The number of carboxylic acid groups (broad SMARTS) is 1. The number of hydrogen-bond acceptors (Lipinski definition) is 6. The molecular formula is C28H38N4O7. The summed E-state index contributed by atoms with van der Waals surface area (Å²) >= 11 is 0. The van der Waals surface area contributed by atoms with Crippen molar-refractivity contribution >= 4 is 35.1 Å². The van der Waals surface area contributed by atoms with E-state index in [1.54, 1.807) is 44.9 Å². The number of carbonyl (C=O) groups excluding carboxylic acids is 3. The predicted molar refractivity (Wildman–Crippen MR) is 144 cm³/mol. The van der Waals surface area contributed by atoms with Crippen LogP contribution in [0.15, 0.2) is 30.5 Å². The normalized spacial score (nSPS) is 20.2. The van der Waals surface area contributed by atoms with E-state index in [9.17, 15) is 24.3 Å². The fraction of sp³-hybridized carbons (Fsp3) is 0.571. The first-order valence-corrected chi connectivity index (χ1v) is 13.5. The molecule has 0 spiro atoms. The van der Waals surface area contributed by atoms with Gasteiger partial charge in [-0.1, -0.05) is 18.2 Å². The highest BCUT2D eigenvalue weighted by Gasteiger charge is 2.41. The van der Waals surface area contributed by atoms with E-state index in [0.717, 1.165) is 10.9 Å². The Morgan fingerprint density at radius 1 is 1.10 bits per heavy atom. The number of hydrogen-bond donors (Lipinski definition) is 2. The number of likely N-dealkylation sites (tertiary alicyclic amines) is 2. The van der Waals surface area contributed by atoms with Gasteiger partial charge in [0.25, 0.3) is 0 Å². The smallest absolute Gasteiger partial charge is 0.416 e. The summed E-state index contributed by atoms with van der Waals surface area (Å²) in [5.41, 5.74) is 0.944. The molecular weight excluding hydrogens is 504 g/mol. The molecule has 11 nitrogen and oxygen atoms in total. The van der Waals surface area contributed by atoms with Gasteiger partial charge in [0, 0.05) is 50.1 Å². The lowest BCUT2D eigenvalue weighted by Gasteiger charge is -2.34. The summed E-state index contributed by atoms with van der Waals surface area (Å²) in [5.74, 6) is 0.0674. The molecule has 0 radical (unpaired) electrons. The molecule has 2 aliphatic heterocycles. The maximum atomic E-state index is 13.3. The van der Waals surface area contributed by atoms with Gasteiger partial charge < -0.3 is 29.7 Å². The number of fused-ring (bicyclic) bond motifs is 1. The molecule has 1 aromatic carbocycles. The van der Waals surface area contributed by atoms with Crippen molar-refractivity contribution in [3.05, 3.63) is 36.0 Å². The van der Waals surface area contributed by atoms with Crippen LogP contribution < -0.4 is 5.32 Å². The molecule has 2 atom stereocenters. The Balaban J connectivity index is 1.40.